The smallest absolute Gasteiger partial charge is 0.173 e. The Labute approximate surface area is 60.2 Å². The van der Waals surface area contributed by atoms with Gasteiger partial charge in [-0.25, -0.2) is 0 Å². The molecule has 1 fully saturated rings. The molecule has 54 valence electrons. The fourth-order valence-corrected chi connectivity index (χ4v) is 0.933. The van der Waals surface area contributed by atoms with Crippen LogP contribution < -0.4 is 10.6 Å². The molecule has 1 saturated carbocycles. The zero-order chi connectivity index (χ0) is 6.81. The zero-order valence-electron chi connectivity index (χ0n) is 5.75. The summed E-state index contributed by atoms with van der Waals surface area (Å²) in [6, 6.07) is 0.709. The van der Waals surface area contributed by atoms with Crippen LogP contribution in [0.15, 0.2) is 17.3 Å². The lowest BCUT2D eigenvalue weighted by Crippen LogP contribution is -2.40. The molecule has 1 heterocycles. The van der Waals surface area contributed by atoms with Gasteiger partial charge in [0.2, 0.25) is 0 Å². The molecule has 1 aliphatic heterocycles. The largest absolute Gasteiger partial charge is 0.358 e. The second-order valence-electron chi connectivity index (χ2n) is 2.67. The van der Waals surface area contributed by atoms with E-state index in [9.17, 15) is 0 Å². The Bertz CT molecular complexity index is 170. The van der Waals surface area contributed by atoms with Gasteiger partial charge in [-0.15, -0.1) is 0 Å². The van der Waals surface area contributed by atoms with Crippen molar-refractivity contribution in [3.63, 3.8) is 0 Å². The van der Waals surface area contributed by atoms with Crippen molar-refractivity contribution in [2.75, 3.05) is 0 Å². The van der Waals surface area contributed by atoms with Gasteiger partial charge in [-0.1, -0.05) is 0 Å². The van der Waals surface area contributed by atoms with Crippen molar-refractivity contribution in [2.24, 2.45) is 4.99 Å². The summed E-state index contributed by atoms with van der Waals surface area (Å²) in [5.41, 5.74) is 0. The summed E-state index contributed by atoms with van der Waals surface area (Å²) in [6.45, 7) is 0. The molecule has 1 atom stereocenters. The van der Waals surface area contributed by atoms with E-state index >= 15 is 0 Å². The van der Waals surface area contributed by atoms with E-state index in [1.807, 2.05) is 18.5 Å². The Morgan fingerprint density at radius 2 is 2.40 bits per heavy atom. The van der Waals surface area contributed by atoms with E-state index in [1.165, 1.54) is 12.8 Å². The summed E-state index contributed by atoms with van der Waals surface area (Å²) >= 11 is 0. The third-order valence-electron chi connectivity index (χ3n) is 1.64. The molecule has 2 rings (SSSR count). The van der Waals surface area contributed by atoms with Crippen molar-refractivity contribution < 1.29 is 0 Å². The third-order valence-corrected chi connectivity index (χ3v) is 1.64. The first-order valence-corrected chi connectivity index (χ1v) is 3.65. The van der Waals surface area contributed by atoms with Crippen LogP contribution in [-0.2, 0) is 0 Å². The summed E-state index contributed by atoms with van der Waals surface area (Å²) in [6.07, 6.45) is 8.35. The summed E-state index contributed by atoms with van der Waals surface area (Å²) in [5, 5.41) is 6.43. The van der Waals surface area contributed by atoms with Crippen molar-refractivity contribution in [2.45, 2.75) is 25.2 Å². The lowest BCUT2D eigenvalue weighted by molar-refractivity contribution is 0.484. The number of allylic oxidation sites excluding steroid dienone is 1. The van der Waals surface area contributed by atoms with Gasteiger partial charge < -0.3 is 5.32 Å². The number of hydrogen-bond acceptors (Lipinski definition) is 3. The van der Waals surface area contributed by atoms with Gasteiger partial charge in [0.1, 0.15) is 0 Å². The van der Waals surface area contributed by atoms with Gasteiger partial charge in [0.05, 0.1) is 0 Å². The van der Waals surface area contributed by atoms with Gasteiger partial charge in [0.25, 0.3) is 0 Å². The highest BCUT2D eigenvalue weighted by molar-refractivity contribution is 5.71. The molecule has 0 radical (unpaired) electrons. The molecule has 2 aliphatic rings. The van der Waals surface area contributed by atoms with Gasteiger partial charge in [-0.3, -0.25) is 10.3 Å². The zero-order valence-corrected chi connectivity index (χ0v) is 5.75. The summed E-state index contributed by atoms with van der Waals surface area (Å²) in [5.74, 6) is 0. The molecule has 10 heavy (non-hydrogen) atoms. The van der Waals surface area contributed by atoms with Crippen LogP contribution in [0.1, 0.15) is 12.8 Å². The quantitative estimate of drug-likeness (QED) is 0.570. The van der Waals surface area contributed by atoms with Crippen molar-refractivity contribution >= 4 is 6.21 Å². The molecular formula is C7H11N3. The molecule has 1 aliphatic carbocycles. The number of hydrogen-bond donors (Lipinski definition) is 2. The average molecular weight is 137 g/mol. The van der Waals surface area contributed by atoms with E-state index < -0.39 is 0 Å². The highest BCUT2D eigenvalue weighted by atomic mass is 15.3. The van der Waals surface area contributed by atoms with Crippen LogP contribution in [-0.4, -0.2) is 18.5 Å². The van der Waals surface area contributed by atoms with Crippen LogP contribution in [0.25, 0.3) is 0 Å². The molecule has 0 saturated heterocycles. The van der Waals surface area contributed by atoms with Gasteiger partial charge in [-0.2, -0.15) is 0 Å². The first-order valence-electron chi connectivity index (χ1n) is 3.65. The maximum absolute atomic E-state index is 4.18. The van der Waals surface area contributed by atoms with Gasteiger partial charge in [-0.05, 0) is 18.9 Å². The molecule has 0 spiro atoms. The van der Waals surface area contributed by atoms with E-state index in [1.54, 1.807) is 0 Å². The van der Waals surface area contributed by atoms with Crippen LogP contribution in [0.3, 0.4) is 0 Å². The summed E-state index contributed by atoms with van der Waals surface area (Å²) in [7, 11) is 0. The first kappa shape index (κ1) is 5.92. The van der Waals surface area contributed by atoms with E-state index in [0.29, 0.717) is 6.04 Å². The van der Waals surface area contributed by atoms with E-state index in [2.05, 4.69) is 15.6 Å². The second kappa shape index (κ2) is 2.42. The molecule has 0 aromatic carbocycles. The molecule has 3 heteroatoms. The van der Waals surface area contributed by atoms with Crippen LogP contribution in [0, 0.1) is 0 Å². The minimum absolute atomic E-state index is 0.123. The maximum Gasteiger partial charge on any atom is 0.173 e. The van der Waals surface area contributed by atoms with Crippen LogP contribution >= 0.6 is 0 Å². The summed E-state index contributed by atoms with van der Waals surface area (Å²) < 4.78 is 0. The van der Waals surface area contributed by atoms with Crippen LogP contribution in [0.5, 0.6) is 0 Å². The standard InChI is InChI=1S/C7H11N3/c1-4-8-7(9-5-1)10-6-2-3-6/h1,4-8,10H,2-3H2. The summed E-state index contributed by atoms with van der Waals surface area (Å²) in [4.78, 5) is 4.18. The number of rotatable bonds is 2. The Morgan fingerprint density at radius 3 is 3.00 bits per heavy atom. The average Bonchev–Trinajstić information content (AvgIpc) is 2.74. The minimum Gasteiger partial charge on any atom is -0.358 e. The van der Waals surface area contributed by atoms with Crippen LogP contribution in [0.2, 0.25) is 0 Å². The van der Waals surface area contributed by atoms with E-state index in [0.717, 1.165) is 0 Å². The fraction of sp³-hybridized carbons (Fsp3) is 0.571. The predicted octanol–water partition coefficient (Wildman–Crippen LogP) is 0.210. The van der Waals surface area contributed by atoms with E-state index in [4.69, 9.17) is 0 Å². The number of nitrogens with one attached hydrogen (secondary N) is 2. The Hall–Kier alpha value is -0.830. The van der Waals surface area contributed by atoms with Gasteiger partial charge >= 0.3 is 0 Å². The normalized spacial score (nSPS) is 30.2. The molecule has 0 aromatic heterocycles. The third kappa shape index (κ3) is 1.36. The van der Waals surface area contributed by atoms with Gasteiger partial charge in [0, 0.05) is 18.5 Å². The molecule has 0 bridgehead atoms. The SMILES string of the molecule is C1=CNC(NC2CC2)N=C1. The number of aliphatic imine (C=N–C) groups is 1. The predicted molar refractivity (Wildman–Crippen MR) is 40.7 cm³/mol. The van der Waals surface area contributed by atoms with Crippen molar-refractivity contribution in [3.8, 4) is 0 Å². The Balaban J connectivity index is 1.81. The van der Waals surface area contributed by atoms with Crippen molar-refractivity contribution in [1.29, 1.82) is 0 Å². The van der Waals surface area contributed by atoms with Crippen LogP contribution in [0.4, 0.5) is 0 Å². The topological polar surface area (TPSA) is 36.4 Å². The van der Waals surface area contributed by atoms with Gasteiger partial charge in [0.15, 0.2) is 6.29 Å². The Morgan fingerprint density at radius 1 is 1.50 bits per heavy atom. The highest BCUT2D eigenvalue weighted by Crippen LogP contribution is 2.19. The molecule has 3 nitrogen and oxygen atoms in total. The second-order valence-corrected chi connectivity index (χ2v) is 2.67. The number of nitrogens with zero attached hydrogens (tertiary/aromatic N) is 1. The van der Waals surface area contributed by atoms with Crippen molar-refractivity contribution in [1.82, 2.24) is 10.6 Å². The molecule has 2 N–H and O–H groups in total. The maximum atomic E-state index is 4.18. The van der Waals surface area contributed by atoms with E-state index in [-0.39, 0.29) is 6.29 Å². The lowest BCUT2D eigenvalue weighted by Gasteiger charge is -2.15. The molecule has 0 aromatic rings. The molecular weight excluding hydrogens is 126 g/mol. The Kier molecular flexibility index (Phi) is 1.43. The molecule has 0 amide bonds. The monoisotopic (exact) mass is 137 g/mol. The first-order chi connectivity index (χ1) is 4.95. The highest BCUT2D eigenvalue weighted by Gasteiger charge is 2.23. The minimum atomic E-state index is 0.123. The molecule has 1 unspecified atom stereocenters. The fourth-order valence-electron chi connectivity index (χ4n) is 0.933. The lowest BCUT2D eigenvalue weighted by atomic mass is 10.5. The van der Waals surface area contributed by atoms with Crippen molar-refractivity contribution in [3.05, 3.63) is 12.3 Å².